The molecule has 1 aromatic carbocycles. The van der Waals surface area contributed by atoms with Crippen LogP contribution in [0.25, 0.3) is 0 Å². The first-order valence-corrected chi connectivity index (χ1v) is 6.96. The number of benzene rings is 1. The lowest BCUT2D eigenvalue weighted by Gasteiger charge is -2.48. The van der Waals surface area contributed by atoms with Gasteiger partial charge in [0.1, 0.15) is 11.5 Å². The molecule has 0 aliphatic heterocycles. The highest BCUT2D eigenvalue weighted by Crippen LogP contribution is 2.50. The van der Waals surface area contributed by atoms with Gasteiger partial charge in [0.15, 0.2) is 0 Å². The molecule has 0 heterocycles. The Hall–Kier alpha value is -1.22. The summed E-state index contributed by atoms with van der Waals surface area (Å²) in [5.41, 5.74) is 7.65. The van der Waals surface area contributed by atoms with Crippen molar-refractivity contribution in [3.63, 3.8) is 0 Å². The summed E-state index contributed by atoms with van der Waals surface area (Å²) in [4.78, 5) is 0. The molecule has 2 N–H and O–H groups in total. The monoisotopic (exact) mass is 263 g/mol. The van der Waals surface area contributed by atoms with E-state index in [1.54, 1.807) is 14.2 Å². The Morgan fingerprint density at radius 3 is 2.32 bits per heavy atom. The third-order valence-electron chi connectivity index (χ3n) is 4.72. The van der Waals surface area contributed by atoms with E-state index in [4.69, 9.17) is 15.2 Å². The molecule has 1 atom stereocenters. The van der Waals surface area contributed by atoms with E-state index in [-0.39, 0.29) is 11.0 Å². The molecule has 0 saturated heterocycles. The van der Waals surface area contributed by atoms with Gasteiger partial charge < -0.3 is 15.2 Å². The zero-order chi connectivity index (χ0) is 14.1. The Labute approximate surface area is 116 Å². The number of hydrogen-bond donors (Lipinski definition) is 1. The zero-order valence-corrected chi connectivity index (χ0v) is 12.5. The molecule has 2 rings (SSSR count). The molecule has 0 radical (unpaired) electrons. The van der Waals surface area contributed by atoms with Gasteiger partial charge in [0.05, 0.1) is 14.2 Å². The maximum absolute atomic E-state index is 6.81. The van der Waals surface area contributed by atoms with Crippen LogP contribution in [0.5, 0.6) is 11.5 Å². The van der Waals surface area contributed by atoms with E-state index in [2.05, 4.69) is 19.9 Å². The van der Waals surface area contributed by atoms with Gasteiger partial charge in [-0.1, -0.05) is 26.7 Å². The molecule has 0 bridgehead atoms. The number of methoxy groups -OCH3 is 2. The number of ether oxygens (including phenoxy) is 2. The van der Waals surface area contributed by atoms with Crippen molar-refractivity contribution in [1.82, 2.24) is 0 Å². The summed E-state index contributed by atoms with van der Waals surface area (Å²) in [7, 11) is 3.36. The molecule has 0 spiro atoms. The van der Waals surface area contributed by atoms with Crippen LogP contribution < -0.4 is 15.2 Å². The largest absolute Gasteiger partial charge is 0.497 e. The number of nitrogens with two attached hydrogens (primary N) is 1. The summed E-state index contributed by atoms with van der Waals surface area (Å²) < 4.78 is 10.8. The normalized spacial score (nSPS) is 25.9. The molecule has 1 unspecified atom stereocenters. The van der Waals surface area contributed by atoms with Gasteiger partial charge in [-0.2, -0.15) is 0 Å². The minimum atomic E-state index is -0.330. The first-order chi connectivity index (χ1) is 8.94. The van der Waals surface area contributed by atoms with E-state index in [0.29, 0.717) is 0 Å². The number of hydrogen-bond acceptors (Lipinski definition) is 3. The molecule has 1 aliphatic rings. The second-order valence-electron chi connectivity index (χ2n) is 6.13. The van der Waals surface area contributed by atoms with E-state index in [9.17, 15) is 0 Å². The van der Waals surface area contributed by atoms with Gasteiger partial charge in [-0.25, -0.2) is 0 Å². The fraction of sp³-hybridized carbons (Fsp3) is 0.625. The van der Waals surface area contributed by atoms with Crippen LogP contribution in [0, 0.1) is 5.41 Å². The maximum Gasteiger partial charge on any atom is 0.127 e. The van der Waals surface area contributed by atoms with Gasteiger partial charge in [0, 0.05) is 17.2 Å². The topological polar surface area (TPSA) is 44.5 Å². The van der Waals surface area contributed by atoms with Gasteiger partial charge in [0.25, 0.3) is 0 Å². The fourth-order valence-electron chi connectivity index (χ4n) is 3.20. The molecule has 1 saturated carbocycles. The van der Waals surface area contributed by atoms with Crippen LogP contribution in [-0.4, -0.2) is 14.2 Å². The SMILES string of the molecule is COc1ccc(C2(N)CCCCC2(C)C)c(OC)c1. The van der Waals surface area contributed by atoms with Gasteiger partial charge in [-0.05, 0) is 30.4 Å². The summed E-state index contributed by atoms with van der Waals surface area (Å²) >= 11 is 0. The van der Waals surface area contributed by atoms with E-state index in [1.807, 2.05) is 12.1 Å². The van der Waals surface area contributed by atoms with Gasteiger partial charge in [-0.3, -0.25) is 0 Å². The molecular weight excluding hydrogens is 238 g/mol. The van der Waals surface area contributed by atoms with E-state index in [0.717, 1.165) is 29.9 Å². The summed E-state index contributed by atoms with van der Waals surface area (Å²) in [5.74, 6) is 1.63. The smallest absolute Gasteiger partial charge is 0.127 e. The lowest BCUT2D eigenvalue weighted by atomic mass is 9.60. The fourth-order valence-corrected chi connectivity index (χ4v) is 3.20. The van der Waals surface area contributed by atoms with E-state index in [1.165, 1.54) is 12.8 Å². The molecule has 3 heteroatoms. The van der Waals surface area contributed by atoms with Crippen molar-refractivity contribution in [3.05, 3.63) is 23.8 Å². The van der Waals surface area contributed by atoms with Crippen LogP contribution in [0.1, 0.15) is 45.1 Å². The first kappa shape index (κ1) is 14.2. The van der Waals surface area contributed by atoms with Crippen molar-refractivity contribution in [3.8, 4) is 11.5 Å². The predicted octanol–water partition coefficient (Wildman–Crippen LogP) is 3.46. The molecule has 0 amide bonds. The Kier molecular flexibility index (Phi) is 3.77. The van der Waals surface area contributed by atoms with Gasteiger partial charge >= 0.3 is 0 Å². The third kappa shape index (κ3) is 2.32. The van der Waals surface area contributed by atoms with Crippen LogP contribution in [0.4, 0.5) is 0 Å². The molecule has 1 aliphatic carbocycles. The van der Waals surface area contributed by atoms with Crippen molar-refractivity contribution >= 4 is 0 Å². The van der Waals surface area contributed by atoms with Crippen molar-refractivity contribution < 1.29 is 9.47 Å². The highest BCUT2D eigenvalue weighted by Gasteiger charge is 2.46. The van der Waals surface area contributed by atoms with Crippen molar-refractivity contribution in [2.24, 2.45) is 11.1 Å². The molecule has 0 aromatic heterocycles. The Morgan fingerprint density at radius 1 is 1.05 bits per heavy atom. The standard InChI is InChI=1S/C16H25NO2/c1-15(2)9-5-6-10-16(15,17)13-8-7-12(18-3)11-14(13)19-4/h7-8,11H,5-6,9-10,17H2,1-4H3. The summed E-state index contributed by atoms with van der Waals surface area (Å²) in [6.45, 7) is 4.52. The molecular formula is C16H25NO2. The Morgan fingerprint density at radius 2 is 1.74 bits per heavy atom. The Balaban J connectivity index is 2.50. The van der Waals surface area contributed by atoms with Gasteiger partial charge in [-0.15, -0.1) is 0 Å². The van der Waals surface area contributed by atoms with E-state index >= 15 is 0 Å². The highest BCUT2D eigenvalue weighted by molar-refractivity contribution is 5.45. The van der Waals surface area contributed by atoms with E-state index < -0.39 is 0 Å². The summed E-state index contributed by atoms with van der Waals surface area (Å²) in [6.07, 6.45) is 4.58. The minimum absolute atomic E-state index is 0.0765. The quantitative estimate of drug-likeness (QED) is 0.908. The molecule has 106 valence electrons. The number of rotatable bonds is 3. The van der Waals surface area contributed by atoms with Crippen LogP contribution in [0.2, 0.25) is 0 Å². The minimum Gasteiger partial charge on any atom is -0.497 e. The van der Waals surface area contributed by atoms with Crippen molar-refractivity contribution in [2.45, 2.75) is 45.1 Å². The van der Waals surface area contributed by atoms with Crippen LogP contribution >= 0.6 is 0 Å². The lowest BCUT2D eigenvalue weighted by Crippen LogP contribution is -2.51. The predicted molar refractivity (Wildman–Crippen MR) is 77.7 cm³/mol. The van der Waals surface area contributed by atoms with Crippen LogP contribution in [0.15, 0.2) is 18.2 Å². The second-order valence-corrected chi connectivity index (χ2v) is 6.13. The summed E-state index contributed by atoms with van der Waals surface area (Å²) in [5, 5.41) is 0. The average Bonchev–Trinajstić information content (AvgIpc) is 2.41. The summed E-state index contributed by atoms with van der Waals surface area (Å²) in [6, 6.07) is 5.95. The van der Waals surface area contributed by atoms with Crippen LogP contribution in [-0.2, 0) is 5.54 Å². The van der Waals surface area contributed by atoms with Crippen molar-refractivity contribution in [2.75, 3.05) is 14.2 Å². The van der Waals surface area contributed by atoms with Gasteiger partial charge in [0.2, 0.25) is 0 Å². The Bertz CT molecular complexity index is 456. The highest BCUT2D eigenvalue weighted by atomic mass is 16.5. The first-order valence-electron chi connectivity index (χ1n) is 6.96. The molecule has 19 heavy (non-hydrogen) atoms. The third-order valence-corrected chi connectivity index (χ3v) is 4.72. The molecule has 1 aromatic rings. The lowest BCUT2D eigenvalue weighted by molar-refractivity contribution is 0.0951. The molecule has 3 nitrogen and oxygen atoms in total. The average molecular weight is 263 g/mol. The second kappa shape index (κ2) is 5.04. The maximum atomic E-state index is 6.81. The zero-order valence-electron chi connectivity index (χ0n) is 12.5. The van der Waals surface area contributed by atoms with Crippen molar-refractivity contribution in [1.29, 1.82) is 0 Å². The van der Waals surface area contributed by atoms with Crippen LogP contribution in [0.3, 0.4) is 0 Å². The molecule has 1 fully saturated rings.